The van der Waals surface area contributed by atoms with Crippen molar-refractivity contribution in [3.63, 3.8) is 0 Å². The van der Waals surface area contributed by atoms with Gasteiger partial charge in [0.1, 0.15) is 0 Å². The Hall–Kier alpha value is -1.85. The smallest absolute Gasteiger partial charge is 0.399 e. The van der Waals surface area contributed by atoms with Crippen molar-refractivity contribution >= 4 is 46.7 Å². The Labute approximate surface area is 191 Å². The van der Waals surface area contributed by atoms with E-state index in [-0.39, 0.29) is 36.6 Å². The maximum atomic E-state index is 6.26. The van der Waals surface area contributed by atoms with Crippen LogP contribution < -0.4 is 10.9 Å². The van der Waals surface area contributed by atoms with Crippen molar-refractivity contribution in [3.8, 4) is 0 Å². The average molecular weight is 430 g/mol. The summed E-state index contributed by atoms with van der Waals surface area (Å²) in [4.78, 5) is 0. The van der Waals surface area contributed by atoms with Crippen molar-refractivity contribution in [2.45, 2.75) is 77.8 Å². The fourth-order valence-corrected chi connectivity index (χ4v) is 4.29. The van der Waals surface area contributed by atoms with Crippen LogP contribution in [0.1, 0.15) is 55.4 Å². The van der Waals surface area contributed by atoms with E-state index in [1.165, 1.54) is 10.8 Å². The second-order valence-corrected chi connectivity index (χ2v) is 11.2. The summed E-state index contributed by atoms with van der Waals surface area (Å²) in [5, 5.41) is 4.72. The Balaban J connectivity index is 1.51. The molecule has 0 aromatic heterocycles. The summed E-state index contributed by atoms with van der Waals surface area (Å²) in [5.74, 6) is 0. The van der Waals surface area contributed by atoms with Gasteiger partial charge in [0.05, 0.1) is 22.4 Å². The molecule has 5 rings (SSSR count). The molecule has 0 amide bonds. The van der Waals surface area contributed by atoms with Crippen LogP contribution in [-0.2, 0) is 18.6 Å². The number of fused-ring (bicyclic) bond motifs is 2. The van der Waals surface area contributed by atoms with Crippen LogP contribution in [0.2, 0.25) is 0 Å². The summed E-state index contributed by atoms with van der Waals surface area (Å²) in [6.45, 7) is 16.7. The number of hydrogen-bond donors (Lipinski definition) is 0. The monoisotopic (exact) mass is 430 g/mol. The molecule has 0 unspecified atom stereocenters. The third-order valence-corrected chi connectivity index (χ3v) is 7.89. The van der Waals surface area contributed by atoms with E-state index in [9.17, 15) is 0 Å². The van der Waals surface area contributed by atoms with Gasteiger partial charge in [-0.15, -0.1) is 0 Å². The van der Waals surface area contributed by atoms with Crippen LogP contribution in [0, 0.1) is 0 Å². The van der Waals surface area contributed by atoms with E-state index in [4.69, 9.17) is 18.6 Å². The number of benzene rings is 3. The summed E-state index contributed by atoms with van der Waals surface area (Å²) < 4.78 is 25.0. The highest BCUT2D eigenvalue weighted by Gasteiger charge is 2.52. The fourth-order valence-electron chi connectivity index (χ4n) is 4.29. The molecule has 166 valence electrons. The van der Waals surface area contributed by atoms with Gasteiger partial charge in [-0.25, -0.2) is 0 Å². The Morgan fingerprint density at radius 3 is 1.09 bits per heavy atom. The third kappa shape index (κ3) is 3.40. The quantitative estimate of drug-likeness (QED) is 0.441. The summed E-state index contributed by atoms with van der Waals surface area (Å²) >= 11 is 0. The van der Waals surface area contributed by atoms with E-state index in [0.717, 1.165) is 21.7 Å². The lowest BCUT2D eigenvalue weighted by atomic mass is 9.77. The van der Waals surface area contributed by atoms with Crippen LogP contribution in [-0.4, -0.2) is 36.6 Å². The van der Waals surface area contributed by atoms with Gasteiger partial charge in [-0.2, -0.15) is 0 Å². The van der Waals surface area contributed by atoms with E-state index >= 15 is 0 Å². The molecule has 0 aliphatic carbocycles. The molecule has 4 nitrogen and oxygen atoms in total. The SMILES string of the molecule is CC1(C)OB(c2ccc3cc4ccc(B5OC(C)(C)C(C)(C)O5)cc4cc3c2)OC1(C)C. The van der Waals surface area contributed by atoms with Crippen molar-refractivity contribution in [1.29, 1.82) is 0 Å². The second-order valence-electron chi connectivity index (χ2n) is 11.2. The van der Waals surface area contributed by atoms with Gasteiger partial charge in [-0.05, 0) is 100.0 Å². The molecule has 0 atom stereocenters. The average Bonchev–Trinajstić information content (AvgIpc) is 3.05. The molecule has 2 aliphatic rings. The summed E-state index contributed by atoms with van der Waals surface area (Å²) in [5.41, 5.74) is 0.665. The Kier molecular flexibility index (Phi) is 4.69. The van der Waals surface area contributed by atoms with Crippen LogP contribution in [0.5, 0.6) is 0 Å². The van der Waals surface area contributed by atoms with Gasteiger partial charge in [0.25, 0.3) is 0 Å². The topological polar surface area (TPSA) is 36.9 Å². The molecule has 0 N–H and O–H groups in total. The molecule has 2 saturated heterocycles. The highest BCUT2D eigenvalue weighted by Crippen LogP contribution is 2.38. The van der Waals surface area contributed by atoms with Crippen molar-refractivity contribution in [2.75, 3.05) is 0 Å². The zero-order chi connectivity index (χ0) is 23.1. The molecule has 2 fully saturated rings. The Morgan fingerprint density at radius 1 is 0.438 bits per heavy atom. The molecule has 32 heavy (non-hydrogen) atoms. The molecule has 0 spiro atoms. The van der Waals surface area contributed by atoms with Crippen LogP contribution in [0.25, 0.3) is 21.5 Å². The second kappa shape index (κ2) is 6.83. The van der Waals surface area contributed by atoms with Crippen LogP contribution in [0.15, 0.2) is 48.5 Å². The van der Waals surface area contributed by atoms with E-state index in [1.54, 1.807) is 0 Å². The predicted octanol–water partition coefficient (Wildman–Crippen LogP) is 4.59. The lowest BCUT2D eigenvalue weighted by Crippen LogP contribution is -2.41. The number of hydrogen-bond acceptors (Lipinski definition) is 4. The molecule has 3 aromatic rings. The van der Waals surface area contributed by atoms with Gasteiger partial charge in [0.2, 0.25) is 0 Å². The van der Waals surface area contributed by atoms with E-state index in [2.05, 4.69) is 104 Å². The molecule has 3 aromatic carbocycles. The Bertz CT molecular complexity index is 1090. The van der Waals surface area contributed by atoms with E-state index in [0.29, 0.717) is 0 Å². The van der Waals surface area contributed by atoms with Crippen LogP contribution in [0.4, 0.5) is 0 Å². The molecule has 2 aliphatic heterocycles. The molecule has 0 saturated carbocycles. The van der Waals surface area contributed by atoms with E-state index in [1.807, 2.05) is 0 Å². The minimum Gasteiger partial charge on any atom is -0.399 e. The highest BCUT2D eigenvalue weighted by molar-refractivity contribution is 6.63. The number of rotatable bonds is 2. The van der Waals surface area contributed by atoms with Gasteiger partial charge >= 0.3 is 14.2 Å². The minimum absolute atomic E-state index is 0.353. The zero-order valence-corrected chi connectivity index (χ0v) is 20.4. The molecule has 0 bridgehead atoms. The largest absolute Gasteiger partial charge is 0.494 e. The summed E-state index contributed by atoms with van der Waals surface area (Å²) in [7, 11) is -0.729. The van der Waals surface area contributed by atoms with Crippen molar-refractivity contribution < 1.29 is 18.6 Å². The first kappa shape index (κ1) is 22.0. The lowest BCUT2D eigenvalue weighted by molar-refractivity contribution is 0.00578. The summed E-state index contributed by atoms with van der Waals surface area (Å²) in [6.07, 6.45) is 0. The Morgan fingerprint density at radius 2 is 0.750 bits per heavy atom. The molecule has 2 heterocycles. The molecular weight excluding hydrogens is 398 g/mol. The molecular formula is C26H32B2O4. The van der Waals surface area contributed by atoms with Crippen LogP contribution in [0.3, 0.4) is 0 Å². The maximum Gasteiger partial charge on any atom is 0.494 e. The fraction of sp³-hybridized carbons (Fsp3) is 0.462. The predicted molar refractivity (Wildman–Crippen MR) is 133 cm³/mol. The van der Waals surface area contributed by atoms with E-state index < -0.39 is 0 Å². The zero-order valence-electron chi connectivity index (χ0n) is 20.4. The lowest BCUT2D eigenvalue weighted by Gasteiger charge is -2.32. The third-order valence-electron chi connectivity index (χ3n) is 7.89. The van der Waals surface area contributed by atoms with Gasteiger partial charge in [-0.3, -0.25) is 0 Å². The normalized spacial score (nSPS) is 23.4. The molecule has 6 heteroatoms. The van der Waals surface area contributed by atoms with Crippen LogP contribution >= 0.6 is 0 Å². The first-order valence-electron chi connectivity index (χ1n) is 11.5. The highest BCUT2D eigenvalue weighted by atomic mass is 16.7. The summed E-state index contributed by atoms with van der Waals surface area (Å²) in [6, 6.07) is 17.3. The first-order valence-corrected chi connectivity index (χ1v) is 11.5. The van der Waals surface area contributed by atoms with Crippen molar-refractivity contribution in [1.82, 2.24) is 0 Å². The van der Waals surface area contributed by atoms with Gasteiger partial charge < -0.3 is 18.6 Å². The van der Waals surface area contributed by atoms with Gasteiger partial charge in [0, 0.05) is 0 Å². The van der Waals surface area contributed by atoms with Crippen molar-refractivity contribution in [3.05, 3.63) is 48.5 Å². The maximum absolute atomic E-state index is 6.26. The standard InChI is InChI=1S/C26H32B2O4/c1-23(2)24(3,4)30-27(29-23)21-11-9-17-13-18-10-12-22(16-20(18)14-19(17)15-21)28-31-25(5,6)26(7,8)32-28/h9-16H,1-8H3. The minimum atomic E-state index is -0.365. The van der Waals surface area contributed by atoms with Gasteiger partial charge in [-0.1, -0.05) is 36.4 Å². The van der Waals surface area contributed by atoms with Gasteiger partial charge in [0.15, 0.2) is 0 Å². The first-order chi connectivity index (χ1) is 14.8. The molecule has 0 radical (unpaired) electrons. The van der Waals surface area contributed by atoms with Crippen molar-refractivity contribution in [2.24, 2.45) is 0 Å².